The van der Waals surface area contributed by atoms with Crippen LogP contribution in [-0.2, 0) is 9.53 Å². The largest absolute Gasteiger partial charge is 0.462 e. The van der Waals surface area contributed by atoms with Gasteiger partial charge in [-0.05, 0) is 24.4 Å². The Balaban J connectivity index is 0.000000428. The van der Waals surface area contributed by atoms with E-state index in [1.807, 2.05) is 6.92 Å². The number of carbonyl (C=O) groups excluding carboxylic acids is 1. The molecule has 1 rings (SSSR count). The summed E-state index contributed by atoms with van der Waals surface area (Å²) in [5.74, 6) is -0.237. The highest BCUT2D eigenvalue weighted by atomic mass is 32.2. The van der Waals surface area contributed by atoms with Crippen LogP contribution in [0, 0.1) is 0 Å². The Morgan fingerprint density at radius 2 is 2.00 bits per heavy atom. The molecule has 0 unspecified atom stereocenters. The minimum Gasteiger partial charge on any atom is -0.462 e. The summed E-state index contributed by atoms with van der Waals surface area (Å²) in [5, 5.41) is 4.18. The molecular weight excluding hydrogens is 312 g/mol. The smallest absolute Gasteiger partial charge is 0.333 e. The maximum absolute atomic E-state index is 11.1. The topological polar surface area (TPSA) is 52.1 Å². The van der Waals surface area contributed by atoms with Crippen molar-refractivity contribution in [3.05, 3.63) is 12.2 Å². The predicted molar refractivity (Wildman–Crippen MR) is 88.9 cm³/mol. The summed E-state index contributed by atoms with van der Waals surface area (Å²) in [6.45, 7) is 8.21. The number of ether oxygens (including phenoxy) is 1. The summed E-state index contributed by atoms with van der Waals surface area (Å²) in [7, 11) is 0. The van der Waals surface area contributed by atoms with Crippen molar-refractivity contribution < 1.29 is 9.53 Å². The summed E-state index contributed by atoms with van der Waals surface area (Å²) in [4.78, 5) is 11.1. The number of rotatable bonds is 7. The number of hydrogen-bond acceptors (Lipinski definition) is 7. The molecule has 7 heteroatoms. The summed E-state index contributed by atoms with van der Waals surface area (Å²) >= 11 is 9.11. The Labute approximate surface area is 136 Å². The Morgan fingerprint density at radius 3 is 2.40 bits per heavy atom. The van der Waals surface area contributed by atoms with Crippen molar-refractivity contribution >= 4 is 42.8 Å². The molecule has 0 fully saturated rings. The molecular formula is C13H22N2O2S3. The lowest BCUT2D eigenvalue weighted by Crippen LogP contribution is -2.07. The van der Waals surface area contributed by atoms with Gasteiger partial charge in [0, 0.05) is 5.57 Å². The standard InChI is InChI=1S/C11H20O2.C2H2N2S3/c1-4-6-7-8-9-13-11(12)10(3)5-2;5-1-2(6)7-4-3-1/h3-9H2,1-2H3;5-6H. The van der Waals surface area contributed by atoms with Gasteiger partial charge < -0.3 is 4.74 Å². The van der Waals surface area contributed by atoms with E-state index >= 15 is 0 Å². The van der Waals surface area contributed by atoms with Crippen LogP contribution in [-0.4, -0.2) is 22.2 Å². The molecule has 0 saturated heterocycles. The van der Waals surface area contributed by atoms with E-state index < -0.39 is 0 Å². The van der Waals surface area contributed by atoms with Gasteiger partial charge in [0.05, 0.1) is 6.61 Å². The van der Waals surface area contributed by atoms with E-state index in [1.165, 1.54) is 24.4 Å². The van der Waals surface area contributed by atoms with Crippen LogP contribution < -0.4 is 0 Å². The zero-order valence-corrected chi connectivity index (χ0v) is 14.6. The monoisotopic (exact) mass is 334 g/mol. The average Bonchev–Trinajstić information content (AvgIpc) is 2.82. The Morgan fingerprint density at radius 1 is 1.30 bits per heavy atom. The molecule has 0 amide bonds. The van der Waals surface area contributed by atoms with Crippen molar-refractivity contribution in [1.29, 1.82) is 0 Å². The van der Waals surface area contributed by atoms with Crippen LogP contribution in [0.2, 0.25) is 0 Å². The number of aromatic nitrogens is 2. The molecule has 0 aliphatic heterocycles. The van der Waals surface area contributed by atoms with Crippen molar-refractivity contribution in [3.8, 4) is 0 Å². The zero-order chi connectivity index (χ0) is 15.4. The normalized spacial score (nSPS) is 9.60. The van der Waals surface area contributed by atoms with Crippen molar-refractivity contribution in [2.75, 3.05) is 6.61 Å². The highest BCUT2D eigenvalue weighted by Crippen LogP contribution is 2.17. The van der Waals surface area contributed by atoms with Gasteiger partial charge in [-0.2, -0.15) is 0 Å². The zero-order valence-electron chi connectivity index (χ0n) is 12.0. The van der Waals surface area contributed by atoms with Crippen molar-refractivity contribution in [3.63, 3.8) is 0 Å². The molecule has 0 aromatic carbocycles. The average molecular weight is 335 g/mol. The summed E-state index contributed by atoms with van der Waals surface area (Å²) in [5.41, 5.74) is 0.565. The number of unbranched alkanes of at least 4 members (excludes halogenated alkanes) is 3. The number of esters is 1. The second-order valence-corrected chi connectivity index (χ2v) is 5.98. The molecule has 0 N–H and O–H groups in total. The van der Waals surface area contributed by atoms with Crippen LogP contribution in [0.15, 0.2) is 21.4 Å². The van der Waals surface area contributed by atoms with Gasteiger partial charge in [-0.1, -0.05) is 44.2 Å². The van der Waals surface area contributed by atoms with E-state index in [0.29, 0.717) is 23.6 Å². The molecule has 0 atom stereocenters. The molecule has 0 radical (unpaired) electrons. The van der Waals surface area contributed by atoms with Crippen molar-refractivity contribution in [1.82, 2.24) is 9.59 Å². The minimum atomic E-state index is -0.237. The highest BCUT2D eigenvalue weighted by Gasteiger charge is 2.04. The molecule has 0 bridgehead atoms. The third-order valence-electron chi connectivity index (χ3n) is 2.40. The summed E-state index contributed by atoms with van der Waals surface area (Å²) in [6, 6.07) is 0. The van der Waals surface area contributed by atoms with Crippen LogP contribution >= 0.6 is 36.8 Å². The number of nitrogens with zero attached hydrogens (tertiary/aromatic N) is 2. The third-order valence-corrected chi connectivity index (χ3v) is 4.03. The van der Waals surface area contributed by atoms with Crippen LogP contribution in [0.4, 0.5) is 0 Å². The first kappa shape index (κ1) is 19.5. The lowest BCUT2D eigenvalue weighted by atomic mass is 10.2. The second-order valence-electron chi connectivity index (χ2n) is 4.06. The fraction of sp³-hybridized carbons (Fsp3) is 0.615. The first-order valence-electron chi connectivity index (χ1n) is 6.58. The van der Waals surface area contributed by atoms with Gasteiger partial charge in [-0.15, -0.1) is 30.4 Å². The van der Waals surface area contributed by atoms with E-state index in [1.54, 1.807) is 0 Å². The molecule has 0 spiro atoms. The van der Waals surface area contributed by atoms with E-state index in [0.717, 1.165) is 17.1 Å². The number of carbonyl (C=O) groups is 1. The molecule has 20 heavy (non-hydrogen) atoms. The quantitative estimate of drug-likeness (QED) is 0.340. The molecule has 0 saturated carbocycles. The van der Waals surface area contributed by atoms with E-state index in [4.69, 9.17) is 4.74 Å². The van der Waals surface area contributed by atoms with E-state index in [-0.39, 0.29) is 5.97 Å². The van der Waals surface area contributed by atoms with Crippen molar-refractivity contribution in [2.45, 2.75) is 55.2 Å². The maximum Gasteiger partial charge on any atom is 0.333 e. The fourth-order valence-corrected chi connectivity index (χ4v) is 1.83. The summed E-state index contributed by atoms with van der Waals surface area (Å²) in [6.07, 6.45) is 5.20. The first-order chi connectivity index (χ1) is 9.52. The van der Waals surface area contributed by atoms with E-state index in [9.17, 15) is 4.79 Å². The van der Waals surface area contributed by atoms with Gasteiger partial charge >= 0.3 is 5.97 Å². The highest BCUT2D eigenvalue weighted by molar-refractivity contribution is 7.85. The third kappa shape index (κ3) is 9.39. The Bertz CT molecular complexity index is 392. The first-order valence-corrected chi connectivity index (χ1v) is 8.24. The SMILES string of the molecule is C=C(CC)C(=O)OCCCCCC.Sc1nnsc1S. The summed E-state index contributed by atoms with van der Waals surface area (Å²) < 4.78 is 9.33. The molecule has 1 aromatic heterocycles. The lowest BCUT2D eigenvalue weighted by molar-refractivity contribution is -0.139. The molecule has 1 heterocycles. The van der Waals surface area contributed by atoms with Gasteiger partial charge in [-0.25, -0.2) is 4.79 Å². The fourth-order valence-electron chi connectivity index (χ4n) is 1.12. The lowest BCUT2D eigenvalue weighted by Gasteiger charge is -2.04. The Kier molecular flexibility index (Phi) is 11.9. The Hall–Kier alpha value is -0.530. The molecule has 1 aromatic rings. The van der Waals surface area contributed by atoms with Gasteiger partial charge in [0.2, 0.25) is 0 Å². The van der Waals surface area contributed by atoms with Crippen LogP contribution in [0.3, 0.4) is 0 Å². The molecule has 114 valence electrons. The van der Waals surface area contributed by atoms with Gasteiger partial charge in [0.15, 0.2) is 0 Å². The van der Waals surface area contributed by atoms with Crippen LogP contribution in [0.25, 0.3) is 0 Å². The second kappa shape index (κ2) is 12.2. The van der Waals surface area contributed by atoms with Gasteiger partial charge in [-0.3, -0.25) is 0 Å². The molecule has 0 aliphatic rings. The van der Waals surface area contributed by atoms with Crippen molar-refractivity contribution in [2.24, 2.45) is 0 Å². The number of thiol groups is 2. The molecule has 0 aliphatic carbocycles. The van der Waals surface area contributed by atoms with Crippen LogP contribution in [0.1, 0.15) is 46.0 Å². The van der Waals surface area contributed by atoms with Gasteiger partial charge in [0.25, 0.3) is 0 Å². The number of hydrogen-bond donors (Lipinski definition) is 2. The van der Waals surface area contributed by atoms with Crippen LogP contribution in [0.5, 0.6) is 0 Å². The predicted octanol–water partition coefficient (Wildman–Crippen LogP) is 4.19. The molecule has 4 nitrogen and oxygen atoms in total. The van der Waals surface area contributed by atoms with E-state index in [2.05, 4.69) is 48.3 Å². The minimum absolute atomic E-state index is 0.237. The van der Waals surface area contributed by atoms with Gasteiger partial charge in [0.1, 0.15) is 9.24 Å². The maximum atomic E-state index is 11.1.